The van der Waals surface area contributed by atoms with Gasteiger partial charge in [0.2, 0.25) is 0 Å². The lowest BCUT2D eigenvalue weighted by Crippen LogP contribution is -2.23. The number of rotatable bonds is 8. The summed E-state index contributed by atoms with van der Waals surface area (Å²) in [6.07, 6.45) is -8.61. The SMILES string of the molecule is CCOc1ccc(-c2ccc(-c3cc(F)c(-c4cc(F)c(OC(F)(F)C=C(F)F)c(F)c4)c(F)c3)c(F)c2)cc1. The van der Waals surface area contributed by atoms with Crippen molar-refractivity contribution in [3.63, 3.8) is 0 Å². The summed E-state index contributed by atoms with van der Waals surface area (Å²) in [6.45, 7) is 2.30. The van der Waals surface area contributed by atoms with Gasteiger partial charge in [-0.1, -0.05) is 24.3 Å². The van der Waals surface area contributed by atoms with Crippen LogP contribution in [0.3, 0.4) is 0 Å². The molecule has 0 heterocycles. The van der Waals surface area contributed by atoms with Crippen LogP contribution in [0.2, 0.25) is 0 Å². The number of halogens is 9. The molecule has 2 nitrogen and oxygen atoms in total. The Morgan fingerprint density at radius 3 is 1.73 bits per heavy atom. The van der Waals surface area contributed by atoms with E-state index < -0.39 is 64.2 Å². The molecule has 208 valence electrons. The molecule has 0 spiro atoms. The van der Waals surface area contributed by atoms with E-state index in [9.17, 15) is 39.5 Å². The predicted octanol–water partition coefficient (Wildman–Crippen LogP) is 9.53. The van der Waals surface area contributed by atoms with E-state index in [2.05, 4.69) is 4.74 Å². The molecular formula is C29H17F9O2. The maximum absolute atomic E-state index is 15.0. The van der Waals surface area contributed by atoms with Gasteiger partial charge < -0.3 is 9.47 Å². The molecule has 0 atom stereocenters. The number of hydrogen-bond donors (Lipinski definition) is 0. The number of ether oxygens (including phenoxy) is 2. The van der Waals surface area contributed by atoms with Crippen molar-refractivity contribution in [2.75, 3.05) is 6.61 Å². The summed E-state index contributed by atoms with van der Waals surface area (Å²) in [5.41, 5.74) is -0.954. The van der Waals surface area contributed by atoms with E-state index in [0.29, 0.717) is 23.5 Å². The number of benzene rings is 4. The van der Waals surface area contributed by atoms with Crippen LogP contribution in [0.25, 0.3) is 33.4 Å². The largest absolute Gasteiger partial charge is 0.494 e. The van der Waals surface area contributed by atoms with Gasteiger partial charge in [0.15, 0.2) is 17.4 Å². The zero-order valence-electron chi connectivity index (χ0n) is 20.4. The average Bonchev–Trinajstić information content (AvgIpc) is 2.85. The Labute approximate surface area is 221 Å². The van der Waals surface area contributed by atoms with Crippen LogP contribution < -0.4 is 9.47 Å². The Morgan fingerprint density at radius 1 is 0.675 bits per heavy atom. The summed E-state index contributed by atoms with van der Waals surface area (Å²) in [6, 6.07) is 12.9. The molecule has 0 amide bonds. The van der Waals surface area contributed by atoms with E-state index >= 15 is 0 Å². The zero-order chi connectivity index (χ0) is 29.2. The van der Waals surface area contributed by atoms with Gasteiger partial charge in [-0.2, -0.15) is 17.6 Å². The molecule has 0 aliphatic rings. The Morgan fingerprint density at radius 2 is 1.20 bits per heavy atom. The second-order valence-electron chi connectivity index (χ2n) is 8.33. The number of hydrogen-bond acceptors (Lipinski definition) is 2. The van der Waals surface area contributed by atoms with Crippen molar-refractivity contribution in [2.45, 2.75) is 13.0 Å². The van der Waals surface area contributed by atoms with Crippen LogP contribution in [0.1, 0.15) is 6.92 Å². The average molecular weight is 568 g/mol. The molecule has 0 aromatic heterocycles. The van der Waals surface area contributed by atoms with Crippen molar-refractivity contribution in [2.24, 2.45) is 0 Å². The van der Waals surface area contributed by atoms with E-state index in [1.54, 1.807) is 24.3 Å². The Bertz CT molecular complexity index is 1530. The molecule has 0 N–H and O–H groups in total. The van der Waals surface area contributed by atoms with Gasteiger partial charge in [-0.25, -0.2) is 22.0 Å². The fraction of sp³-hybridized carbons (Fsp3) is 0.103. The summed E-state index contributed by atoms with van der Waals surface area (Å²) >= 11 is 0. The maximum Gasteiger partial charge on any atom is 0.425 e. The summed E-state index contributed by atoms with van der Waals surface area (Å²) < 4.78 is 134. The van der Waals surface area contributed by atoms with Crippen LogP contribution in [0.15, 0.2) is 78.9 Å². The van der Waals surface area contributed by atoms with Gasteiger partial charge in [0.1, 0.15) is 23.2 Å². The highest BCUT2D eigenvalue weighted by Crippen LogP contribution is 2.37. The summed E-state index contributed by atoms with van der Waals surface area (Å²) in [5.74, 6) is -8.27. The third kappa shape index (κ3) is 6.24. The molecule has 40 heavy (non-hydrogen) atoms. The molecule has 4 aromatic carbocycles. The third-order valence-corrected chi connectivity index (χ3v) is 5.62. The number of alkyl halides is 2. The van der Waals surface area contributed by atoms with Crippen molar-refractivity contribution in [1.29, 1.82) is 0 Å². The van der Waals surface area contributed by atoms with Crippen LogP contribution in [0.4, 0.5) is 39.5 Å². The molecule has 0 radical (unpaired) electrons. The van der Waals surface area contributed by atoms with Gasteiger partial charge in [0, 0.05) is 5.56 Å². The molecule has 0 aliphatic heterocycles. The second kappa shape index (κ2) is 11.4. The van der Waals surface area contributed by atoms with E-state index in [1.165, 1.54) is 12.1 Å². The molecule has 0 bridgehead atoms. The van der Waals surface area contributed by atoms with Crippen molar-refractivity contribution < 1.29 is 49.0 Å². The van der Waals surface area contributed by atoms with Gasteiger partial charge in [0.05, 0.1) is 18.2 Å². The van der Waals surface area contributed by atoms with Crippen LogP contribution in [0.5, 0.6) is 11.5 Å². The fourth-order valence-electron chi connectivity index (χ4n) is 3.94. The molecule has 4 rings (SSSR count). The van der Waals surface area contributed by atoms with Gasteiger partial charge in [-0.3, -0.25) is 0 Å². The molecular weight excluding hydrogens is 551 g/mol. The van der Waals surface area contributed by atoms with Crippen LogP contribution in [-0.4, -0.2) is 12.7 Å². The van der Waals surface area contributed by atoms with Gasteiger partial charge in [-0.05, 0) is 71.6 Å². The van der Waals surface area contributed by atoms with Crippen molar-refractivity contribution in [3.8, 4) is 44.9 Å². The normalized spacial score (nSPS) is 11.3. The Hall–Kier alpha value is -4.41. The van der Waals surface area contributed by atoms with Crippen molar-refractivity contribution in [1.82, 2.24) is 0 Å². The quantitative estimate of drug-likeness (QED) is 0.197. The lowest BCUT2D eigenvalue weighted by Gasteiger charge is -2.16. The highest BCUT2D eigenvalue weighted by molar-refractivity contribution is 5.75. The van der Waals surface area contributed by atoms with E-state index in [-0.39, 0.29) is 23.3 Å². The minimum absolute atomic E-state index is 0.171. The molecule has 0 unspecified atom stereocenters. The first-order valence-electron chi connectivity index (χ1n) is 11.5. The van der Waals surface area contributed by atoms with Gasteiger partial charge in [0.25, 0.3) is 6.08 Å². The smallest absolute Gasteiger partial charge is 0.425 e. The molecule has 11 heteroatoms. The van der Waals surface area contributed by atoms with Crippen LogP contribution in [-0.2, 0) is 0 Å². The van der Waals surface area contributed by atoms with E-state index in [1.807, 2.05) is 6.92 Å². The lowest BCUT2D eigenvalue weighted by atomic mass is 9.96. The third-order valence-electron chi connectivity index (χ3n) is 5.62. The van der Waals surface area contributed by atoms with Crippen molar-refractivity contribution in [3.05, 3.63) is 108 Å². The summed E-state index contributed by atoms with van der Waals surface area (Å²) in [7, 11) is 0. The minimum Gasteiger partial charge on any atom is -0.494 e. The van der Waals surface area contributed by atoms with E-state index in [4.69, 9.17) is 4.74 Å². The zero-order valence-corrected chi connectivity index (χ0v) is 20.4. The molecule has 0 saturated heterocycles. The first-order valence-corrected chi connectivity index (χ1v) is 11.5. The molecule has 4 aromatic rings. The Kier molecular flexibility index (Phi) is 8.13. The van der Waals surface area contributed by atoms with E-state index in [0.717, 1.165) is 18.2 Å². The molecule has 0 saturated carbocycles. The highest BCUT2D eigenvalue weighted by atomic mass is 19.3. The molecule has 0 aliphatic carbocycles. The fourth-order valence-corrected chi connectivity index (χ4v) is 3.94. The first kappa shape index (κ1) is 28.6. The monoisotopic (exact) mass is 568 g/mol. The Balaban J connectivity index is 1.65. The van der Waals surface area contributed by atoms with Crippen LogP contribution >= 0.6 is 0 Å². The topological polar surface area (TPSA) is 18.5 Å². The molecule has 0 fully saturated rings. The van der Waals surface area contributed by atoms with Crippen LogP contribution in [0, 0.1) is 29.1 Å². The minimum atomic E-state index is -4.77. The standard InChI is InChI=1S/C29H17F9O2/c1-2-39-19-6-3-15(4-7-19)16-5-8-20(21(30)9-16)17-10-22(31)27(23(32)11-17)18-12-24(33)28(25(34)13-18)40-29(37,38)14-26(35)36/h3-14H,2H2,1H3. The van der Waals surface area contributed by atoms with Gasteiger partial charge >= 0.3 is 6.11 Å². The lowest BCUT2D eigenvalue weighted by molar-refractivity contribution is -0.137. The predicted molar refractivity (Wildman–Crippen MR) is 130 cm³/mol. The van der Waals surface area contributed by atoms with Crippen molar-refractivity contribution >= 4 is 0 Å². The van der Waals surface area contributed by atoms with Gasteiger partial charge in [-0.15, -0.1) is 0 Å². The second-order valence-corrected chi connectivity index (χ2v) is 8.33. The highest BCUT2D eigenvalue weighted by Gasteiger charge is 2.33. The summed E-state index contributed by atoms with van der Waals surface area (Å²) in [4.78, 5) is 0. The maximum atomic E-state index is 15.0. The first-order chi connectivity index (χ1) is 18.9. The summed E-state index contributed by atoms with van der Waals surface area (Å²) in [5, 5.41) is 0.